The Morgan fingerprint density at radius 1 is 1.00 bits per heavy atom. The van der Waals surface area contributed by atoms with Gasteiger partial charge >= 0.3 is 0 Å². The summed E-state index contributed by atoms with van der Waals surface area (Å²) in [6.45, 7) is 1.25. The van der Waals surface area contributed by atoms with Gasteiger partial charge in [-0.1, -0.05) is 60.9 Å². The van der Waals surface area contributed by atoms with Gasteiger partial charge in [0.2, 0.25) is 11.8 Å². The van der Waals surface area contributed by atoms with Gasteiger partial charge in [0.1, 0.15) is 23.9 Å². The van der Waals surface area contributed by atoms with Crippen LogP contribution in [0.25, 0.3) is 11.0 Å². The highest BCUT2D eigenvalue weighted by atomic mass is 19.1. The number of anilines is 1. The monoisotopic (exact) mass is 527 g/mol. The lowest BCUT2D eigenvalue weighted by Crippen LogP contribution is -2.48. The van der Waals surface area contributed by atoms with Gasteiger partial charge < -0.3 is 5.32 Å². The van der Waals surface area contributed by atoms with E-state index in [1.165, 1.54) is 40.8 Å². The molecular weight excluding hydrogens is 497 g/mol. The zero-order valence-corrected chi connectivity index (χ0v) is 21.7. The standard InChI is InChI=1S/C30H30FN5O3/c1-20(37)22-8-7-11-25(18-22)36(28(38)19-35-27-13-6-5-12-26(27)33-34-35)29(21-14-16-23(31)17-15-21)30(39)32-24-9-3-2-4-10-24/h5-8,11-18,24,29H,2-4,9-10,19H2,1H3,(H,32,39)/t29-/m1/s1. The number of nitrogens with zero attached hydrogens (tertiary/aromatic N) is 4. The first kappa shape index (κ1) is 26.2. The molecule has 200 valence electrons. The molecule has 1 heterocycles. The zero-order valence-electron chi connectivity index (χ0n) is 21.7. The van der Waals surface area contributed by atoms with Crippen LogP contribution in [0.15, 0.2) is 72.8 Å². The highest BCUT2D eigenvalue weighted by Crippen LogP contribution is 2.31. The van der Waals surface area contributed by atoms with Crippen LogP contribution in [-0.4, -0.2) is 38.6 Å². The predicted octanol–water partition coefficient (Wildman–Crippen LogP) is 5.00. The van der Waals surface area contributed by atoms with E-state index in [4.69, 9.17) is 0 Å². The average molecular weight is 528 g/mol. The van der Waals surface area contributed by atoms with Crippen molar-refractivity contribution in [3.63, 3.8) is 0 Å². The predicted molar refractivity (Wildman–Crippen MR) is 146 cm³/mol. The van der Waals surface area contributed by atoms with Crippen molar-refractivity contribution in [2.45, 2.75) is 57.7 Å². The number of benzene rings is 3. The van der Waals surface area contributed by atoms with E-state index in [0.717, 1.165) is 32.1 Å². The molecule has 1 atom stereocenters. The first-order valence-corrected chi connectivity index (χ1v) is 13.2. The van der Waals surface area contributed by atoms with Crippen LogP contribution < -0.4 is 10.2 Å². The van der Waals surface area contributed by atoms with E-state index in [-0.39, 0.29) is 24.3 Å². The van der Waals surface area contributed by atoms with Gasteiger partial charge in [-0.05, 0) is 61.7 Å². The minimum atomic E-state index is -1.10. The third-order valence-electron chi connectivity index (χ3n) is 7.15. The molecule has 3 aromatic carbocycles. The van der Waals surface area contributed by atoms with Crippen LogP contribution in [0.2, 0.25) is 0 Å². The summed E-state index contributed by atoms with van der Waals surface area (Å²) in [6.07, 6.45) is 4.90. The summed E-state index contributed by atoms with van der Waals surface area (Å²) in [4.78, 5) is 41.7. The molecule has 0 unspecified atom stereocenters. The number of ketones is 1. The molecule has 1 aliphatic carbocycles. The van der Waals surface area contributed by atoms with E-state index < -0.39 is 17.8 Å². The van der Waals surface area contributed by atoms with Gasteiger partial charge in [0.25, 0.3) is 0 Å². The molecular formula is C30H30FN5O3. The topological polar surface area (TPSA) is 97.2 Å². The molecule has 1 fully saturated rings. The molecule has 4 aromatic rings. The second-order valence-electron chi connectivity index (χ2n) is 9.90. The number of carbonyl (C=O) groups excluding carboxylic acids is 3. The van der Waals surface area contributed by atoms with Crippen LogP contribution in [0.1, 0.15) is 61.0 Å². The van der Waals surface area contributed by atoms with Crippen molar-refractivity contribution in [1.82, 2.24) is 20.3 Å². The second-order valence-corrected chi connectivity index (χ2v) is 9.90. The summed E-state index contributed by atoms with van der Waals surface area (Å²) < 4.78 is 15.4. The van der Waals surface area contributed by atoms with Crippen molar-refractivity contribution in [2.24, 2.45) is 0 Å². The summed E-state index contributed by atoms with van der Waals surface area (Å²) in [5, 5.41) is 11.4. The molecule has 9 heteroatoms. The average Bonchev–Trinajstić information content (AvgIpc) is 3.35. The highest BCUT2D eigenvalue weighted by molar-refractivity contribution is 6.03. The largest absolute Gasteiger partial charge is 0.351 e. The van der Waals surface area contributed by atoms with Crippen molar-refractivity contribution < 1.29 is 18.8 Å². The maximum Gasteiger partial charge on any atom is 0.249 e. The molecule has 0 saturated heterocycles. The molecule has 0 radical (unpaired) electrons. The van der Waals surface area contributed by atoms with Crippen molar-refractivity contribution >= 4 is 34.3 Å². The fourth-order valence-electron chi connectivity index (χ4n) is 5.14. The van der Waals surface area contributed by atoms with Crippen LogP contribution in [0.3, 0.4) is 0 Å². The first-order valence-electron chi connectivity index (χ1n) is 13.2. The van der Waals surface area contributed by atoms with Gasteiger partial charge in [-0.25, -0.2) is 9.07 Å². The van der Waals surface area contributed by atoms with Crippen molar-refractivity contribution in [2.75, 3.05) is 4.90 Å². The number of nitrogens with one attached hydrogen (secondary N) is 1. The summed E-state index contributed by atoms with van der Waals surface area (Å²) >= 11 is 0. The fourth-order valence-corrected chi connectivity index (χ4v) is 5.14. The van der Waals surface area contributed by atoms with Crippen LogP contribution in [0.4, 0.5) is 10.1 Å². The van der Waals surface area contributed by atoms with Crippen molar-refractivity contribution in [1.29, 1.82) is 0 Å². The van der Waals surface area contributed by atoms with Gasteiger partial charge in [-0.3, -0.25) is 19.3 Å². The van der Waals surface area contributed by atoms with Crippen molar-refractivity contribution in [3.8, 4) is 0 Å². The third kappa shape index (κ3) is 5.87. The summed E-state index contributed by atoms with van der Waals surface area (Å²) in [7, 11) is 0. The molecule has 0 spiro atoms. The molecule has 5 rings (SSSR count). The van der Waals surface area contributed by atoms with Crippen LogP contribution >= 0.6 is 0 Å². The van der Waals surface area contributed by atoms with E-state index >= 15 is 0 Å². The molecule has 1 aromatic heterocycles. The lowest BCUT2D eigenvalue weighted by molar-refractivity contribution is -0.127. The van der Waals surface area contributed by atoms with E-state index in [1.807, 2.05) is 18.2 Å². The first-order chi connectivity index (χ1) is 18.9. The summed E-state index contributed by atoms with van der Waals surface area (Å²) in [6, 6.07) is 18.4. The number of aromatic nitrogens is 3. The summed E-state index contributed by atoms with van der Waals surface area (Å²) in [5.74, 6) is -1.41. The molecule has 8 nitrogen and oxygen atoms in total. The number of para-hydroxylation sites is 1. The van der Waals surface area contributed by atoms with Crippen LogP contribution in [-0.2, 0) is 16.1 Å². The minimum Gasteiger partial charge on any atom is -0.351 e. The highest BCUT2D eigenvalue weighted by Gasteiger charge is 2.34. The van der Waals surface area contributed by atoms with Gasteiger partial charge in [-0.15, -0.1) is 5.10 Å². The Morgan fingerprint density at radius 2 is 1.74 bits per heavy atom. The Hall–Kier alpha value is -4.40. The molecule has 39 heavy (non-hydrogen) atoms. The van der Waals surface area contributed by atoms with E-state index in [0.29, 0.717) is 27.8 Å². The molecule has 2 amide bonds. The molecule has 0 aliphatic heterocycles. The quantitative estimate of drug-likeness (QED) is 0.326. The Kier molecular flexibility index (Phi) is 7.76. The molecule has 1 saturated carbocycles. The van der Waals surface area contributed by atoms with E-state index in [2.05, 4.69) is 15.6 Å². The number of amides is 2. The number of rotatable bonds is 8. The van der Waals surface area contributed by atoms with Crippen LogP contribution in [0, 0.1) is 5.82 Å². The maximum absolute atomic E-state index is 14.1. The van der Waals surface area contributed by atoms with E-state index in [9.17, 15) is 18.8 Å². The second kappa shape index (κ2) is 11.6. The molecule has 1 N–H and O–H groups in total. The normalized spacial score (nSPS) is 14.6. The van der Waals surface area contributed by atoms with Gasteiger partial charge in [0.15, 0.2) is 5.78 Å². The van der Waals surface area contributed by atoms with Gasteiger partial charge in [0, 0.05) is 17.3 Å². The van der Waals surface area contributed by atoms with Crippen LogP contribution in [0.5, 0.6) is 0 Å². The molecule has 1 aliphatic rings. The number of carbonyl (C=O) groups is 3. The fraction of sp³-hybridized carbons (Fsp3) is 0.300. The maximum atomic E-state index is 14.1. The minimum absolute atomic E-state index is 0.00559. The molecule has 0 bridgehead atoms. The SMILES string of the molecule is CC(=O)c1cccc(N(C(=O)Cn2nnc3ccccc32)[C@@H](C(=O)NC2CCCCC2)c2ccc(F)cc2)c1. The lowest BCUT2D eigenvalue weighted by Gasteiger charge is -2.33. The lowest BCUT2D eigenvalue weighted by atomic mass is 9.94. The zero-order chi connectivity index (χ0) is 27.4. The number of fused-ring (bicyclic) bond motifs is 1. The number of Topliss-reactive ketones (excluding diaryl/α,β-unsaturated/α-hetero) is 1. The number of hydrogen-bond acceptors (Lipinski definition) is 5. The van der Waals surface area contributed by atoms with Gasteiger partial charge in [0.05, 0.1) is 5.52 Å². The number of hydrogen-bond donors (Lipinski definition) is 1. The Balaban J connectivity index is 1.59. The smallest absolute Gasteiger partial charge is 0.249 e. The Labute approximate surface area is 225 Å². The third-order valence-corrected chi connectivity index (χ3v) is 7.15. The Bertz CT molecular complexity index is 1490. The number of halogens is 1. The Morgan fingerprint density at radius 3 is 2.49 bits per heavy atom. The summed E-state index contributed by atoms with van der Waals surface area (Å²) in [5.41, 5.74) is 2.55. The van der Waals surface area contributed by atoms with Gasteiger partial charge in [-0.2, -0.15) is 0 Å². The van der Waals surface area contributed by atoms with Crippen molar-refractivity contribution in [3.05, 3.63) is 89.7 Å². The van der Waals surface area contributed by atoms with E-state index in [1.54, 1.807) is 30.3 Å².